The molecule has 0 atom stereocenters. The minimum Gasteiger partial charge on any atom is -0.368 e. The van der Waals surface area contributed by atoms with Gasteiger partial charge in [0.2, 0.25) is 5.95 Å². The van der Waals surface area contributed by atoms with E-state index in [1.807, 2.05) is 41.3 Å². The summed E-state index contributed by atoms with van der Waals surface area (Å²) in [4.78, 5) is 9.14. The van der Waals surface area contributed by atoms with Crippen molar-refractivity contribution in [2.45, 2.75) is 12.7 Å². The fourth-order valence-electron chi connectivity index (χ4n) is 4.27. The van der Waals surface area contributed by atoms with Gasteiger partial charge in [-0.3, -0.25) is 0 Å². The molecule has 5 rings (SSSR count). The first-order valence-electron chi connectivity index (χ1n) is 10.7. The maximum absolute atomic E-state index is 13.1. The van der Waals surface area contributed by atoms with Gasteiger partial charge in [-0.25, -0.2) is 4.98 Å². The highest BCUT2D eigenvalue weighted by atomic mass is 19.4. The van der Waals surface area contributed by atoms with E-state index in [0.29, 0.717) is 38.4 Å². The third-order valence-electron chi connectivity index (χ3n) is 5.92. The number of hydrogen-bond acceptors (Lipinski definition) is 3. The molecule has 0 aliphatic carbocycles. The molecule has 32 heavy (non-hydrogen) atoms. The number of alkyl halides is 3. The summed E-state index contributed by atoms with van der Waals surface area (Å²) in [7, 11) is 0. The Morgan fingerprint density at radius 3 is 2.19 bits per heavy atom. The summed E-state index contributed by atoms with van der Waals surface area (Å²) >= 11 is 0. The summed E-state index contributed by atoms with van der Waals surface area (Å²) < 4.78 is 41.5. The molecule has 7 heteroatoms. The lowest BCUT2D eigenvalue weighted by molar-refractivity contribution is -0.137. The average molecular weight is 436 g/mol. The molecule has 0 unspecified atom stereocenters. The Balaban J connectivity index is 1.39. The van der Waals surface area contributed by atoms with Crippen molar-refractivity contribution in [1.29, 1.82) is 0 Å². The highest BCUT2D eigenvalue weighted by Crippen LogP contribution is 2.32. The predicted octanol–water partition coefficient (Wildman–Crippen LogP) is 5.43. The molecule has 1 saturated heterocycles. The van der Waals surface area contributed by atoms with Gasteiger partial charge in [-0.05, 0) is 35.9 Å². The summed E-state index contributed by atoms with van der Waals surface area (Å²) in [6, 6.07) is 23.9. The van der Waals surface area contributed by atoms with Gasteiger partial charge in [0, 0.05) is 31.9 Å². The van der Waals surface area contributed by atoms with Gasteiger partial charge in [-0.2, -0.15) is 13.2 Å². The van der Waals surface area contributed by atoms with E-state index in [2.05, 4.69) is 27.7 Å². The van der Waals surface area contributed by atoms with E-state index >= 15 is 0 Å². The van der Waals surface area contributed by atoms with Crippen LogP contribution in [0.2, 0.25) is 0 Å². The van der Waals surface area contributed by atoms with E-state index in [-0.39, 0.29) is 0 Å². The molecular weight excluding hydrogens is 413 g/mol. The van der Waals surface area contributed by atoms with Gasteiger partial charge in [-0.15, -0.1) is 0 Å². The molecular formula is C25H23F3N4. The minimum absolute atomic E-state index is 0.609. The van der Waals surface area contributed by atoms with Crippen LogP contribution in [0.5, 0.6) is 0 Å². The average Bonchev–Trinajstić information content (AvgIpc) is 3.18. The Morgan fingerprint density at radius 1 is 0.750 bits per heavy atom. The van der Waals surface area contributed by atoms with Gasteiger partial charge in [0.1, 0.15) is 0 Å². The van der Waals surface area contributed by atoms with Crippen molar-refractivity contribution in [3.05, 3.63) is 90.0 Å². The van der Waals surface area contributed by atoms with Gasteiger partial charge in [0.25, 0.3) is 0 Å². The molecule has 0 saturated carbocycles. The Labute approximate surface area is 184 Å². The molecule has 164 valence electrons. The first-order chi connectivity index (χ1) is 15.5. The van der Waals surface area contributed by atoms with E-state index in [9.17, 15) is 13.2 Å². The number of fused-ring (bicyclic) bond motifs is 1. The minimum atomic E-state index is -4.33. The third kappa shape index (κ3) is 4.02. The first-order valence-corrected chi connectivity index (χ1v) is 10.7. The van der Waals surface area contributed by atoms with Crippen LogP contribution in [-0.2, 0) is 12.7 Å². The number of imidazole rings is 1. The maximum Gasteiger partial charge on any atom is 0.416 e. The fourth-order valence-corrected chi connectivity index (χ4v) is 4.27. The van der Waals surface area contributed by atoms with Crippen LogP contribution >= 0.6 is 0 Å². The number of anilines is 2. The van der Waals surface area contributed by atoms with Crippen LogP contribution in [0.3, 0.4) is 0 Å². The molecule has 2 heterocycles. The third-order valence-corrected chi connectivity index (χ3v) is 5.92. The zero-order valence-electron chi connectivity index (χ0n) is 17.5. The standard InChI is InChI=1S/C25H23F3N4/c26-25(27,28)20-9-6-10-21(17-20)30-13-15-31(16-14-30)24-29-22-11-4-5-12-23(22)32(24)18-19-7-2-1-3-8-19/h1-12,17H,13-16,18H2. The molecule has 4 aromatic rings. The van der Waals surface area contributed by atoms with Crippen molar-refractivity contribution in [1.82, 2.24) is 9.55 Å². The second-order valence-corrected chi connectivity index (χ2v) is 7.99. The second kappa shape index (κ2) is 8.22. The first kappa shape index (κ1) is 20.4. The number of para-hydroxylation sites is 2. The Morgan fingerprint density at radius 2 is 1.44 bits per heavy atom. The number of benzene rings is 3. The molecule has 0 N–H and O–H groups in total. The van der Waals surface area contributed by atoms with Gasteiger partial charge >= 0.3 is 6.18 Å². The molecule has 1 aliphatic rings. The van der Waals surface area contributed by atoms with E-state index in [4.69, 9.17) is 4.98 Å². The number of aromatic nitrogens is 2. The summed E-state index contributed by atoms with van der Waals surface area (Å²) in [5.74, 6) is 0.902. The fraction of sp³-hybridized carbons (Fsp3) is 0.240. The molecule has 1 aliphatic heterocycles. The molecule has 0 amide bonds. The summed E-state index contributed by atoms with van der Waals surface area (Å²) in [6.45, 7) is 3.36. The van der Waals surface area contributed by atoms with Crippen molar-refractivity contribution in [3.63, 3.8) is 0 Å². The second-order valence-electron chi connectivity index (χ2n) is 7.99. The molecule has 3 aromatic carbocycles. The normalized spacial score (nSPS) is 14.8. The molecule has 1 fully saturated rings. The lowest BCUT2D eigenvalue weighted by Crippen LogP contribution is -2.47. The number of hydrogen-bond donors (Lipinski definition) is 0. The Bertz CT molecular complexity index is 1210. The highest BCUT2D eigenvalue weighted by Gasteiger charge is 2.31. The Kier molecular flexibility index (Phi) is 5.25. The number of rotatable bonds is 4. The zero-order chi connectivity index (χ0) is 22.1. The van der Waals surface area contributed by atoms with Gasteiger partial charge in [-0.1, -0.05) is 48.5 Å². The lowest BCUT2D eigenvalue weighted by atomic mass is 10.1. The van der Waals surface area contributed by atoms with E-state index in [0.717, 1.165) is 23.0 Å². The van der Waals surface area contributed by atoms with Crippen molar-refractivity contribution in [2.24, 2.45) is 0 Å². The van der Waals surface area contributed by atoms with Crippen molar-refractivity contribution < 1.29 is 13.2 Å². The molecule has 0 spiro atoms. The quantitative estimate of drug-likeness (QED) is 0.426. The van der Waals surface area contributed by atoms with E-state index in [1.54, 1.807) is 6.07 Å². The van der Waals surface area contributed by atoms with Crippen LogP contribution in [0.1, 0.15) is 11.1 Å². The Hall–Kier alpha value is -3.48. The summed E-state index contributed by atoms with van der Waals surface area (Å²) in [5, 5.41) is 0. The largest absolute Gasteiger partial charge is 0.416 e. The molecule has 0 bridgehead atoms. The van der Waals surface area contributed by atoms with Crippen LogP contribution in [0.15, 0.2) is 78.9 Å². The smallest absolute Gasteiger partial charge is 0.368 e. The topological polar surface area (TPSA) is 24.3 Å². The molecule has 4 nitrogen and oxygen atoms in total. The predicted molar refractivity (Wildman–Crippen MR) is 121 cm³/mol. The molecule has 1 aromatic heterocycles. The van der Waals surface area contributed by atoms with E-state index in [1.165, 1.54) is 17.7 Å². The maximum atomic E-state index is 13.1. The van der Waals surface area contributed by atoms with Crippen LogP contribution < -0.4 is 9.80 Å². The zero-order valence-corrected chi connectivity index (χ0v) is 17.5. The highest BCUT2D eigenvalue weighted by molar-refractivity contribution is 5.79. The van der Waals surface area contributed by atoms with Gasteiger partial charge in [0.05, 0.1) is 23.1 Å². The van der Waals surface area contributed by atoms with Crippen LogP contribution in [0, 0.1) is 0 Å². The van der Waals surface area contributed by atoms with Crippen molar-refractivity contribution in [2.75, 3.05) is 36.0 Å². The monoisotopic (exact) mass is 436 g/mol. The van der Waals surface area contributed by atoms with Crippen LogP contribution in [-0.4, -0.2) is 35.7 Å². The van der Waals surface area contributed by atoms with Gasteiger partial charge in [0.15, 0.2) is 0 Å². The van der Waals surface area contributed by atoms with Gasteiger partial charge < -0.3 is 14.4 Å². The number of halogens is 3. The molecule has 0 radical (unpaired) electrons. The van der Waals surface area contributed by atoms with Crippen LogP contribution in [0.4, 0.5) is 24.8 Å². The number of piperazine rings is 1. The van der Waals surface area contributed by atoms with Crippen molar-refractivity contribution in [3.8, 4) is 0 Å². The van der Waals surface area contributed by atoms with Crippen molar-refractivity contribution >= 4 is 22.7 Å². The van der Waals surface area contributed by atoms with Crippen LogP contribution in [0.25, 0.3) is 11.0 Å². The summed E-state index contributed by atoms with van der Waals surface area (Å²) in [5.41, 5.74) is 3.21. The number of nitrogens with zero attached hydrogens (tertiary/aromatic N) is 4. The van der Waals surface area contributed by atoms with E-state index < -0.39 is 11.7 Å². The summed E-state index contributed by atoms with van der Waals surface area (Å²) in [6.07, 6.45) is -4.33. The lowest BCUT2D eigenvalue weighted by Gasteiger charge is -2.37. The SMILES string of the molecule is FC(F)(F)c1cccc(N2CCN(c3nc4ccccc4n3Cc3ccccc3)CC2)c1.